The molecule has 0 saturated heterocycles. The lowest BCUT2D eigenvalue weighted by Gasteiger charge is -2.45. The fourth-order valence-electron chi connectivity index (χ4n) is 5.42. The summed E-state index contributed by atoms with van der Waals surface area (Å²) in [6.45, 7) is 6.03. The Kier molecular flexibility index (Phi) is 4.74. The van der Waals surface area contributed by atoms with Crippen molar-refractivity contribution in [2.75, 3.05) is 0 Å². The first-order valence-corrected chi connectivity index (χ1v) is 11.0. The molecule has 3 aromatic rings. The predicted molar refractivity (Wildman–Crippen MR) is 122 cm³/mol. The second-order valence-corrected chi connectivity index (χ2v) is 9.03. The van der Waals surface area contributed by atoms with Crippen molar-refractivity contribution in [2.24, 2.45) is 11.8 Å². The topological polar surface area (TPSA) is 79.5 Å². The summed E-state index contributed by atoms with van der Waals surface area (Å²) in [5.74, 6) is 0.479. The van der Waals surface area contributed by atoms with Crippen LogP contribution in [0, 0.1) is 30.1 Å². The minimum absolute atomic E-state index is 0.0549. The number of pyridine rings is 1. The Morgan fingerprint density at radius 3 is 2.62 bits per heavy atom. The van der Waals surface area contributed by atoms with Crippen LogP contribution in [0.15, 0.2) is 60.3 Å². The molecule has 2 aliphatic rings. The summed E-state index contributed by atoms with van der Waals surface area (Å²) in [7, 11) is 0. The third kappa shape index (κ3) is 3.06. The molecule has 32 heavy (non-hydrogen) atoms. The molecular formula is C27H24N4O. The zero-order valence-corrected chi connectivity index (χ0v) is 18.5. The molecule has 0 amide bonds. The van der Waals surface area contributed by atoms with Crippen LogP contribution in [0.1, 0.15) is 37.2 Å². The van der Waals surface area contributed by atoms with Gasteiger partial charge in [-0.1, -0.05) is 50.3 Å². The fraction of sp³-hybridized carbons (Fsp3) is 0.296. The summed E-state index contributed by atoms with van der Waals surface area (Å²) in [6, 6.07) is 16.2. The van der Waals surface area contributed by atoms with Crippen LogP contribution >= 0.6 is 0 Å². The average Bonchev–Trinajstić information content (AvgIpc) is 2.81. The second-order valence-electron chi connectivity index (χ2n) is 9.03. The molecule has 5 nitrogen and oxygen atoms in total. The SMILES string of the molecule is Cc1cc(-c2nc(-c3ccccc3)c3c(n2)[C@]2(C)C=C(C#N)C(=O)[C@H](C)[C@H]2CC3)ccn1. The van der Waals surface area contributed by atoms with Crippen molar-refractivity contribution >= 4 is 5.78 Å². The number of hydrogen-bond donors (Lipinski definition) is 0. The van der Waals surface area contributed by atoms with Crippen LogP contribution in [-0.4, -0.2) is 20.7 Å². The van der Waals surface area contributed by atoms with Crippen LogP contribution in [0.2, 0.25) is 0 Å². The lowest BCUT2D eigenvalue weighted by molar-refractivity contribution is -0.121. The number of Topliss-reactive ketones (excluding diaryl/α,β-unsaturated/α-hetero) is 1. The molecule has 0 fully saturated rings. The Labute approximate surface area is 187 Å². The third-order valence-electron chi connectivity index (χ3n) is 7.04. The molecule has 0 radical (unpaired) electrons. The number of fused-ring (bicyclic) bond motifs is 3. The Morgan fingerprint density at radius 2 is 1.91 bits per heavy atom. The molecule has 0 bridgehead atoms. The summed E-state index contributed by atoms with van der Waals surface area (Å²) < 4.78 is 0. The highest BCUT2D eigenvalue weighted by Crippen LogP contribution is 2.50. The maximum atomic E-state index is 12.7. The Morgan fingerprint density at radius 1 is 1.12 bits per heavy atom. The number of benzene rings is 1. The molecule has 5 rings (SSSR count). The summed E-state index contributed by atoms with van der Waals surface area (Å²) in [6.07, 6.45) is 5.31. The molecule has 158 valence electrons. The van der Waals surface area contributed by atoms with E-state index < -0.39 is 5.41 Å². The van der Waals surface area contributed by atoms with Gasteiger partial charge in [-0.15, -0.1) is 0 Å². The quantitative estimate of drug-likeness (QED) is 0.583. The van der Waals surface area contributed by atoms with Crippen molar-refractivity contribution in [1.29, 1.82) is 5.26 Å². The van der Waals surface area contributed by atoms with E-state index in [4.69, 9.17) is 9.97 Å². The van der Waals surface area contributed by atoms with Crippen LogP contribution < -0.4 is 0 Å². The number of allylic oxidation sites excluding steroid dienone is 2. The van der Waals surface area contributed by atoms with E-state index in [1.807, 2.05) is 50.3 Å². The van der Waals surface area contributed by atoms with Crippen LogP contribution in [0.25, 0.3) is 22.6 Å². The highest BCUT2D eigenvalue weighted by Gasteiger charge is 2.49. The van der Waals surface area contributed by atoms with Gasteiger partial charge in [0.2, 0.25) is 0 Å². The molecule has 2 aliphatic carbocycles. The first-order valence-electron chi connectivity index (χ1n) is 11.0. The number of rotatable bonds is 2. The van der Waals surface area contributed by atoms with E-state index in [2.05, 4.69) is 30.1 Å². The fourth-order valence-corrected chi connectivity index (χ4v) is 5.42. The van der Waals surface area contributed by atoms with Gasteiger partial charge in [0.05, 0.1) is 17.0 Å². The molecule has 2 aromatic heterocycles. The zero-order chi connectivity index (χ0) is 22.5. The number of nitriles is 1. The maximum Gasteiger partial charge on any atom is 0.176 e. The largest absolute Gasteiger partial charge is 0.293 e. The van der Waals surface area contributed by atoms with Gasteiger partial charge in [-0.2, -0.15) is 5.26 Å². The van der Waals surface area contributed by atoms with Gasteiger partial charge in [-0.05, 0) is 37.8 Å². The number of aromatic nitrogens is 3. The van der Waals surface area contributed by atoms with Crippen LogP contribution in [0.5, 0.6) is 0 Å². The van der Waals surface area contributed by atoms with Crippen molar-refractivity contribution in [3.63, 3.8) is 0 Å². The van der Waals surface area contributed by atoms with E-state index in [0.29, 0.717) is 5.82 Å². The third-order valence-corrected chi connectivity index (χ3v) is 7.04. The van der Waals surface area contributed by atoms with Crippen LogP contribution in [-0.2, 0) is 16.6 Å². The number of hydrogen-bond acceptors (Lipinski definition) is 5. The highest BCUT2D eigenvalue weighted by atomic mass is 16.1. The summed E-state index contributed by atoms with van der Waals surface area (Å²) in [5.41, 5.74) is 5.56. The van der Waals surface area contributed by atoms with Crippen LogP contribution in [0.3, 0.4) is 0 Å². The van der Waals surface area contributed by atoms with Gasteiger partial charge in [-0.3, -0.25) is 9.78 Å². The zero-order valence-electron chi connectivity index (χ0n) is 18.5. The van der Waals surface area contributed by atoms with Crippen molar-refractivity contribution in [2.45, 2.75) is 39.0 Å². The van der Waals surface area contributed by atoms with Crippen molar-refractivity contribution in [3.8, 4) is 28.7 Å². The van der Waals surface area contributed by atoms with Gasteiger partial charge in [0.15, 0.2) is 11.6 Å². The van der Waals surface area contributed by atoms with Crippen molar-refractivity contribution < 1.29 is 4.79 Å². The van der Waals surface area contributed by atoms with Gasteiger partial charge >= 0.3 is 0 Å². The summed E-state index contributed by atoms with van der Waals surface area (Å²) in [4.78, 5) is 27.2. The smallest absolute Gasteiger partial charge is 0.176 e. The summed E-state index contributed by atoms with van der Waals surface area (Å²) >= 11 is 0. The first kappa shape index (κ1) is 20.3. The lowest BCUT2D eigenvalue weighted by Crippen LogP contribution is -2.46. The molecule has 0 saturated carbocycles. The van der Waals surface area contributed by atoms with Crippen molar-refractivity contribution in [1.82, 2.24) is 15.0 Å². The molecule has 0 aliphatic heterocycles. The number of carbonyl (C=O) groups is 1. The van der Waals surface area contributed by atoms with E-state index in [1.54, 1.807) is 6.20 Å². The summed E-state index contributed by atoms with van der Waals surface area (Å²) in [5, 5.41) is 9.65. The highest BCUT2D eigenvalue weighted by molar-refractivity contribution is 6.02. The van der Waals surface area contributed by atoms with Crippen LogP contribution in [0.4, 0.5) is 0 Å². The molecule has 1 aromatic carbocycles. The first-order chi connectivity index (χ1) is 15.4. The molecule has 0 unspecified atom stereocenters. The standard InChI is InChI=1S/C27H24N4O/c1-16-13-19(11-12-29-16)26-30-23(18-7-5-4-6-8-18)21-9-10-22-17(2)24(32)20(15-28)14-27(22,3)25(21)31-26/h4-8,11-14,17,22H,9-10H2,1-3H3/t17-,22-,27-/m1/s1. The van der Waals surface area contributed by atoms with Gasteiger partial charge in [-0.25, -0.2) is 9.97 Å². The van der Waals surface area contributed by atoms with Gasteiger partial charge in [0, 0.05) is 39.9 Å². The van der Waals surface area contributed by atoms with E-state index in [0.717, 1.165) is 46.6 Å². The molecule has 0 N–H and O–H groups in total. The monoisotopic (exact) mass is 420 g/mol. The predicted octanol–water partition coefficient (Wildman–Crippen LogP) is 5.00. The number of nitrogens with zero attached hydrogens (tertiary/aromatic N) is 4. The Hall–Kier alpha value is -3.65. The van der Waals surface area contributed by atoms with E-state index in [9.17, 15) is 10.1 Å². The number of ketones is 1. The van der Waals surface area contributed by atoms with Crippen molar-refractivity contribution in [3.05, 3.63) is 77.3 Å². The molecule has 3 atom stereocenters. The van der Waals surface area contributed by atoms with E-state index in [-0.39, 0.29) is 23.2 Å². The Balaban J connectivity index is 1.82. The molecule has 0 spiro atoms. The van der Waals surface area contributed by atoms with E-state index >= 15 is 0 Å². The number of carbonyl (C=O) groups excluding carboxylic acids is 1. The van der Waals surface area contributed by atoms with Gasteiger partial charge in [0.1, 0.15) is 6.07 Å². The lowest BCUT2D eigenvalue weighted by atomic mass is 9.57. The van der Waals surface area contributed by atoms with Gasteiger partial charge in [0.25, 0.3) is 0 Å². The minimum atomic E-state index is -0.505. The molecular weight excluding hydrogens is 396 g/mol. The molecule has 2 heterocycles. The normalized spacial score (nSPS) is 24.2. The number of aryl methyl sites for hydroxylation is 1. The van der Waals surface area contributed by atoms with Gasteiger partial charge < -0.3 is 0 Å². The average molecular weight is 421 g/mol. The maximum absolute atomic E-state index is 12.7. The van der Waals surface area contributed by atoms with E-state index in [1.165, 1.54) is 0 Å². The molecule has 5 heteroatoms. The minimum Gasteiger partial charge on any atom is -0.293 e. The Bertz CT molecular complexity index is 1300. The second kappa shape index (κ2) is 7.49.